The molecule has 0 saturated heterocycles. The number of aromatic nitrogens is 1. The van der Waals surface area contributed by atoms with Crippen molar-refractivity contribution in [2.75, 3.05) is 0 Å². The quantitative estimate of drug-likeness (QED) is 0.774. The van der Waals surface area contributed by atoms with Crippen molar-refractivity contribution in [3.8, 4) is 0 Å². The van der Waals surface area contributed by atoms with Gasteiger partial charge in [0, 0.05) is 10.7 Å². The number of pyridine rings is 1. The molecule has 0 saturated carbocycles. The molecule has 2 nitrogen and oxygen atoms in total. The molecule has 0 aromatic carbocycles. The molecule has 0 bridgehead atoms. The molecule has 1 aromatic heterocycles. The number of nitrogens with two attached hydrogens (primary N) is 1. The number of halogens is 8. The minimum absolute atomic E-state index is 0. The number of hydrogen-bond acceptors (Lipinski definition) is 2. The molecule has 0 aliphatic carbocycles. The summed E-state index contributed by atoms with van der Waals surface area (Å²) < 4.78 is 73.4. The van der Waals surface area contributed by atoms with Gasteiger partial charge in [-0.05, 0) is 27.6 Å². The third kappa shape index (κ3) is 3.99. The van der Waals surface area contributed by atoms with E-state index in [1.54, 1.807) is 0 Å². The monoisotopic (exact) mass is 358 g/mol. The Bertz CT molecular complexity index is 419. The second kappa shape index (κ2) is 5.62. The first-order valence-corrected chi connectivity index (χ1v) is 4.87. The van der Waals surface area contributed by atoms with E-state index >= 15 is 0 Å². The lowest BCUT2D eigenvalue weighted by Gasteiger charge is -2.18. The Kier molecular flexibility index (Phi) is 5.45. The molecular formula is C8H6BrClF6N2. The van der Waals surface area contributed by atoms with E-state index in [4.69, 9.17) is 5.73 Å². The first-order chi connectivity index (χ1) is 7.53. The van der Waals surface area contributed by atoms with Gasteiger partial charge in [-0.25, -0.2) is 0 Å². The number of alkyl halides is 6. The van der Waals surface area contributed by atoms with Crippen molar-refractivity contribution in [2.24, 2.45) is 5.73 Å². The van der Waals surface area contributed by atoms with Gasteiger partial charge in [0.25, 0.3) is 0 Å². The van der Waals surface area contributed by atoms with Crippen molar-refractivity contribution in [3.63, 3.8) is 0 Å². The van der Waals surface area contributed by atoms with Gasteiger partial charge in [-0.1, -0.05) is 0 Å². The minimum Gasteiger partial charge on any atom is -0.316 e. The van der Waals surface area contributed by atoms with Gasteiger partial charge in [-0.15, -0.1) is 12.4 Å². The fourth-order valence-corrected chi connectivity index (χ4v) is 1.49. The Labute approximate surface area is 112 Å². The first-order valence-electron chi connectivity index (χ1n) is 4.08. The van der Waals surface area contributed by atoms with Gasteiger partial charge in [-0.3, -0.25) is 4.98 Å². The highest BCUT2D eigenvalue weighted by Crippen LogP contribution is 2.37. The standard InChI is InChI=1S/C8H5BrF6N2.ClH/c9-4-2-17-5(7(10,11)12)1-3(4)6(16)8(13,14)15;/h1-2,6H,16H2;1H. The Morgan fingerprint density at radius 1 is 1.17 bits per heavy atom. The van der Waals surface area contributed by atoms with E-state index in [0.717, 1.165) is 0 Å². The van der Waals surface area contributed by atoms with Crippen molar-refractivity contribution >= 4 is 28.3 Å². The topological polar surface area (TPSA) is 38.9 Å². The third-order valence-corrected chi connectivity index (χ3v) is 2.53. The van der Waals surface area contributed by atoms with Gasteiger partial charge < -0.3 is 5.73 Å². The summed E-state index contributed by atoms with van der Waals surface area (Å²) in [5.74, 6) is 0. The smallest absolute Gasteiger partial charge is 0.316 e. The zero-order valence-electron chi connectivity index (χ0n) is 8.31. The Morgan fingerprint density at radius 2 is 1.67 bits per heavy atom. The predicted octanol–water partition coefficient (Wildman–Crippen LogP) is 3.85. The molecule has 0 aliphatic rings. The van der Waals surface area contributed by atoms with E-state index < -0.39 is 29.7 Å². The van der Waals surface area contributed by atoms with E-state index in [1.807, 2.05) is 0 Å². The van der Waals surface area contributed by atoms with Gasteiger partial charge in [0.1, 0.15) is 11.7 Å². The highest BCUT2D eigenvalue weighted by molar-refractivity contribution is 9.10. The fraction of sp³-hybridized carbons (Fsp3) is 0.375. The van der Waals surface area contributed by atoms with Crippen molar-refractivity contribution in [3.05, 3.63) is 28.0 Å². The molecule has 0 amide bonds. The van der Waals surface area contributed by atoms with Crippen LogP contribution in [-0.4, -0.2) is 11.2 Å². The van der Waals surface area contributed by atoms with Crippen LogP contribution in [0.1, 0.15) is 17.3 Å². The molecule has 2 N–H and O–H groups in total. The molecule has 10 heteroatoms. The third-order valence-electron chi connectivity index (χ3n) is 1.86. The average molecular weight is 359 g/mol. The van der Waals surface area contributed by atoms with Crippen LogP contribution in [0.15, 0.2) is 16.7 Å². The highest BCUT2D eigenvalue weighted by Gasteiger charge is 2.41. The SMILES string of the molecule is Cl.NC(c1cc(C(F)(F)F)ncc1Br)C(F)(F)F. The maximum absolute atomic E-state index is 12.3. The molecule has 1 atom stereocenters. The van der Waals surface area contributed by atoms with Gasteiger partial charge in [-0.2, -0.15) is 26.3 Å². The van der Waals surface area contributed by atoms with Crippen LogP contribution in [0.3, 0.4) is 0 Å². The summed E-state index contributed by atoms with van der Waals surface area (Å²) in [4.78, 5) is 2.98. The lowest BCUT2D eigenvalue weighted by atomic mass is 10.1. The second-order valence-electron chi connectivity index (χ2n) is 3.11. The summed E-state index contributed by atoms with van der Waals surface area (Å²) in [6, 6.07) is -2.22. The van der Waals surface area contributed by atoms with E-state index in [9.17, 15) is 26.3 Å². The van der Waals surface area contributed by atoms with Crippen LogP contribution in [0.5, 0.6) is 0 Å². The molecule has 1 rings (SSSR count). The van der Waals surface area contributed by atoms with Crippen LogP contribution < -0.4 is 5.73 Å². The molecule has 0 radical (unpaired) electrons. The van der Waals surface area contributed by atoms with E-state index in [2.05, 4.69) is 20.9 Å². The molecule has 1 unspecified atom stereocenters. The Balaban J connectivity index is 0.00000289. The molecule has 1 heterocycles. The largest absolute Gasteiger partial charge is 0.433 e. The number of rotatable bonds is 1. The maximum atomic E-state index is 12.3. The average Bonchev–Trinajstić information content (AvgIpc) is 2.14. The zero-order chi connectivity index (χ0) is 13.4. The zero-order valence-corrected chi connectivity index (χ0v) is 10.7. The van der Waals surface area contributed by atoms with Crippen LogP contribution in [-0.2, 0) is 6.18 Å². The van der Waals surface area contributed by atoms with Gasteiger partial charge in [0.05, 0.1) is 0 Å². The van der Waals surface area contributed by atoms with Gasteiger partial charge in [0.15, 0.2) is 0 Å². The van der Waals surface area contributed by atoms with Crippen LogP contribution in [0.25, 0.3) is 0 Å². The Morgan fingerprint density at radius 3 is 2.06 bits per heavy atom. The normalized spacial score (nSPS) is 14.0. The van der Waals surface area contributed by atoms with Crippen molar-refractivity contribution in [2.45, 2.75) is 18.4 Å². The first kappa shape index (κ1) is 17.5. The van der Waals surface area contributed by atoms with Crippen molar-refractivity contribution < 1.29 is 26.3 Å². The van der Waals surface area contributed by atoms with Crippen LogP contribution >= 0.6 is 28.3 Å². The second-order valence-corrected chi connectivity index (χ2v) is 3.96. The summed E-state index contributed by atoms with van der Waals surface area (Å²) in [7, 11) is 0. The maximum Gasteiger partial charge on any atom is 0.433 e. The predicted molar refractivity (Wildman–Crippen MR) is 57.2 cm³/mol. The summed E-state index contributed by atoms with van der Waals surface area (Å²) >= 11 is 2.68. The van der Waals surface area contributed by atoms with Gasteiger partial charge >= 0.3 is 12.4 Å². The van der Waals surface area contributed by atoms with E-state index in [0.29, 0.717) is 6.20 Å². The number of hydrogen-bond donors (Lipinski definition) is 1. The summed E-state index contributed by atoms with van der Waals surface area (Å²) in [6.07, 6.45) is -9.00. The molecule has 0 fully saturated rings. The van der Waals surface area contributed by atoms with Crippen molar-refractivity contribution in [1.82, 2.24) is 4.98 Å². The highest BCUT2D eigenvalue weighted by atomic mass is 79.9. The van der Waals surface area contributed by atoms with E-state index in [1.165, 1.54) is 0 Å². The molecule has 18 heavy (non-hydrogen) atoms. The Hall–Kier alpha value is -0.540. The molecule has 0 aliphatic heterocycles. The summed E-state index contributed by atoms with van der Waals surface area (Å²) in [6.45, 7) is 0. The molecule has 0 spiro atoms. The van der Waals surface area contributed by atoms with Crippen LogP contribution in [0.2, 0.25) is 0 Å². The summed E-state index contributed by atoms with van der Waals surface area (Å²) in [5.41, 5.74) is 2.71. The van der Waals surface area contributed by atoms with Crippen LogP contribution in [0, 0.1) is 0 Å². The minimum atomic E-state index is -4.83. The molecular weight excluding hydrogens is 353 g/mol. The van der Waals surface area contributed by atoms with Crippen molar-refractivity contribution in [1.29, 1.82) is 0 Å². The lowest BCUT2D eigenvalue weighted by Crippen LogP contribution is -2.29. The lowest BCUT2D eigenvalue weighted by molar-refractivity contribution is -0.151. The number of nitrogens with zero attached hydrogens (tertiary/aromatic N) is 1. The van der Waals surface area contributed by atoms with Crippen LogP contribution in [0.4, 0.5) is 26.3 Å². The van der Waals surface area contributed by atoms with E-state index in [-0.39, 0.29) is 22.9 Å². The molecule has 1 aromatic rings. The van der Waals surface area contributed by atoms with Gasteiger partial charge in [0.2, 0.25) is 0 Å². The fourth-order valence-electron chi connectivity index (χ4n) is 1.02. The summed E-state index contributed by atoms with van der Waals surface area (Å²) in [5, 5.41) is 0. The molecule has 104 valence electrons.